The number of rotatable bonds is 1. The average Bonchev–Trinajstić information content (AvgIpc) is 2.33. The van der Waals surface area contributed by atoms with Crippen LogP contribution in [0.3, 0.4) is 0 Å². The van der Waals surface area contributed by atoms with Crippen molar-refractivity contribution in [1.29, 1.82) is 0 Å². The van der Waals surface area contributed by atoms with Crippen molar-refractivity contribution in [1.82, 2.24) is 4.90 Å². The minimum absolute atomic E-state index is 0.0592. The second kappa shape index (κ2) is 8.52. The predicted octanol–water partition coefficient (Wildman–Crippen LogP) is 3.28. The fourth-order valence-corrected chi connectivity index (χ4v) is 2.62. The van der Waals surface area contributed by atoms with Gasteiger partial charge in [0, 0.05) is 12.5 Å². The van der Waals surface area contributed by atoms with Gasteiger partial charge in [0.25, 0.3) is 0 Å². The molecule has 1 amide bonds. The lowest BCUT2D eigenvalue weighted by atomic mass is 10.0. The fraction of sp³-hybridized carbons (Fsp3) is 0.933. The van der Waals surface area contributed by atoms with Crippen molar-refractivity contribution in [2.75, 3.05) is 6.54 Å². The number of nitrogens with two attached hydrogens (primary N) is 1. The maximum Gasteiger partial charge on any atom is 0.226 e. The monoisotopic (exact) mass is 254 g/mol. The summed E-state index contributed by atoms with van der Waals surface area (Å²) in [6, 6.07) is 0. The van der Waals surface area contributed by atoms with Gasteiger partial charge in [-0.2, -0.15) is 0 Å². The zero-order valence-corrected chi connectivity index (χ0v) is 12.2. The van der Waals surface area contributed by atoms with Gasteiger partial charge in [-0.05, 0) is 12.8 Å². The Kier molecular flexibility index (Phi) is 7.33. The molecule has 0 saturated carbocycles. The molecule has 0 aromatic carbocycles. The molecule has 0 radical (unpaired) electrons. The number of nitrogens with zero attached hydrogens (tertiary/aromatic N) is 1. The van der Waals surface area contributed by atoms with Crippen molar-refractivity contribution in [3.8, 4) is 0 Å². The first-order chi connectivity index (χ1) is 8.63. The molecule has 3 heteroatoms. The van der Waals surface area contributed by atoms with Crippen LogP contribution in [0.5, 0.6) is 0 Å². The summed E-state index contributed by atoms with van der Waals surface area (Å²) in [5.74, 6) is 0.281. The van der Waals surface area contributed by atoms with Crippen molar-refractivity contribution in [3.05, 3.63) is 0 Å². The predicted molar refractivity (Wildman–Crippen MR) is 76.1 cm³/mol. The molecule has 106 valence electrons. The van der Waals surface area contributed by atoms with Crippen LogP contribution in [0.4, 0.5) is 0 Å². The fourth-order valence-electron chi connectivity index (χ4n) is 2.62. The lowest BCUT2D eigenvalue weighted by Crippen LogP contribution is -2.48. The second-order valence-corrected chi connectivity index (χ2v) is 5.87. The van der Waals surface area contributed by atoms with Gasteiger partial charge >= 0.3 is 0 Å². The summed E-state index contributed by atoms with van der Waals surface area (Å²) in [6.45, 7) is 4.77. The maximum atomic E-state index is 12.2. The van der Waals surface area contributed by atoms with E-state index in [0.717, 1.165) is 25.8 Å². The van der Waals surface area contributed by atoms with Crippen LogP contribution in [0.2, 0.25) is 0 Å². The number of carbonyl (C=O) groups is 1. The summed E-state index contributed by atoms with van der Waals surface area (Å²) in [7, 11) is 0. The van der Waals surface area contributed by atoms with Crippen molar-refractivity contribution in [2.45, 2.75) is 77.8 Å². The smallest absolute Gasteiger partial charge is 0.226 e. The van der Waals surface area contributed by atoms with E-state index in [1.165, 1.54) is 38.5 Å². The Hall–Kier alpha value is -0.570. The Labute approximate surface area is 112 Å². The molecule has 1 heterocycles. The van der Waals surface area contributed by atoms with Crippen LogP contribution in [0.1, 0.15) is 71.6 Å². The van der Waals surface area contributed by atoms with Gasteiger partial charge in [0.1, 0.15) is 0 Å². The third-order valence-corrected chi connectivity index (χ3v) is 3.83. The highest BCUT2D eigenvalue weighted by Gasteiger charge is 2.22. The highest BCUT2D eigenvalue weighted by atomic mass is 16.2. The quantitative estimate of drug-likeness (QED) is 0.780. The minimum atomic E-state index is -0.0701. The summed E-state index contributed by atoms with van der Waals surface area (Å²) in [5.41, 5.74) is 6.20. The average molecular weight is 254 g/mol. The normalized spacial score (nSPS) is 24.4. The lowest BCUT2D eigenvalue weighted by molar-refractivity contribution is -0.137. The van der Waals surface area contributed by atoms with Crippen LogP contribution < -0.4 is 5.73 Å². The molecule has 1 unspecified atom stereocenters. The molecule has 0 aromatic rings. The van der Waals surface area contributed by atoms with E-state index in [-0.39, 0.29) is 18.0 Å². The SMILES string of the molecule is CC(C)C(=O)N1CCCCCCCCCCC1N. The van der Waals surface area contributed by atoms with Crippen LogP contribution >= 0.6 is 0 Å². The molecule has 1 rings (SSSR count). The standard InChI is InChI=1S/C15H30N2O/c1-13(2)15(18)17-12-10-8-6-4-3-5-7-9-11-14(17)16/h13-14H,3-12,16H2,1-2H3. The molecule has 1 atom stereocenters. The second-order valence-electron chi connectivity index (χ2n) is 5.87. The molecule has 3 nitrogen and oxygen atoms in total. The van der Waals surface area contributed by atoms with Crippen molar-refractivity contribution in [2.24, 2.45) is 11.7 Å². The van der Waals surface area contributed by atoms with Crippen molar-refractivity contribution < 1.29 is 4.79 Å². The molecule has 0 bridgehead atoms. The Morgan fingerprint density at radius 1 is 1.00 bits per heavy atom. The van der Waals surface area contributed by atoms with E-state index in [0.29, 0.717) is 0 Å². The van der Waals surface area contributed by atoms with Gasteiger partial charge in [-0.25, -0.2) is 0 Å². The van der Waals surface area contributed by atoms with Gasteiger partial charge < -0.3 is 10.6 Å². The molecule has 1 saturated heterocycles. The molecule has 2 N–H and O–H groups in total. The Morgan fingerprint density at radius 3 is 2.06 bits per heavy atom. The summed E-state index contributed by atoms with van der Waals surface area (Å²) in [6.07, 6.45) is 11.0. The molecule has 0 aromatic heterocycles. The van der Waals surface area contributed by atoms with Crippen molar-refractivity contribution in [3.63, 3.8) is 0 Å². The first-order valence-electron chi connectivity index (χ1n) is 7.69. The van der Waals surface area contributed by atoms with Gasteiger partial charge in [0.2, 0.25) is 5.91 Å². The van der Waals surface area contributed by atoms with Crippen LogP contribution in [0, 0.1) is 5.92 Å². The molecule has 18 heavy (non-hydrogen) atoms. The molecule has 0 aliphatic carbocycles. The number of hydrogen-bond acceptors (Lipinski definition) is 2. The zero-order chi connectivity index (χ0) is 13.4. The number of amides is 1. The van der Waals surface area contributed by atoms with Crippen LogP contribution in [0.15, 0.2) is 0 Å². The number of carbonyl (C=O) groups excluding carboxylic acids is 1. The first kappa shape index (κ1) is 15.5. The molecular formula is C15H30N2O. The van der Waals surface area contributed by atoms with Gasteiger partial charge in [-0.15, -0.1) is 0 Å². The van der Waals surface area contributed by atoms with E-state index in [1.54, 1.807) is 0 Å². The van der Waals surface area contributed by atoms with E-state index in [1.807, 2.05) is 18.7 Å². The summed E-state index contributed by atoms with van der Waals surface area (Å²) in [5, 5.41) is 0. The summed E-state index contributed by atoms with van der Waals surface area (Å²) in [4.78, 5) is 14.1. The van der Waals surface area contributed by atoms with E-state index in [4.69, 9.17) is 5.73 Å². The first-order valence-corrected chi connectivity index (χ1v) is 7.69. The van der Waals surface area contributed by atoms with E-state index < -0.39 is 0 Å². The molecular weight excluding hydrogens is 224 g/mol. The maximum absolute atomic E-state index is 12.2. The summed E-state index contributed by atoms with van der Waals surface area (Å²) < 4.78 is 0. The highest BCUT2D eigenvalue weighted by molar-refractivity contribution is 5.78. The van der Waals surface area contributed by atoms with Gasteiger partial charge in [-0.1, -0.05) is 58.8 Å². The lowest BCUT2D eigenvalue weighted by Gasteiger charge is -2.31. The third kappa shape index (κ3) is 5.38. The van der Waals surface area contributed by atoms with Gasteiger partial charge in [-0.3, -0.25) is 4.79 Å². The van der Waals surface area contributed by atoms with Crippen molar-refractivity contribution >= 4 is 5.91 Å². The van der Waals surface area contributed by atoms with E-state index in [2.05, 4.69) is 0 Å². The van der Waals surface area contributed by atoms with E-state index >= 15 is 0 Å². The van der Waals surface area contributed by atoms with Gasteiger partial charge in [0.15, 0.2) is 0 Å². The third-order valence-electron chi connectivity index (χ3n) is 3.83. The highest BCUT2D eigenvalue weighted by Crippen LogP contribution is 2.16. The van der Waals surface area contributed by atoms with E-state index in [9.17, 15) is 4.79 Å². The Balaban J connectivity index is 2.54. The Morgan fingerprint density at radius 2 is 1.50 bits per heavy atom. The molecule has 0 spiro atoms. The number of hydrogen-bond donors (Lipinski definition) is 1. The van der Waals surface area contributed by atoms with Crippen LogP contribution in [-0.2, 0) is 4.79 Å². The molecule has 1 aliphatic rings. The minimum Gasteiger partial charge on any atom is -0.327 e. The zero-order valence-electron chi connectivity index (χ0n) is 12.2. The van der Waals surface area contributed by atoms with Crippen LogP contribution in [0.25, 0.3) is 0 Å². The topological polar surface area (TPSA) is 46.3 Å². The molecule has 1 aliphatic heterocycles. The molecule has 1 fully saturated rings. The Bertz CT molecular complexity index is 241. The summed E-state index contributed by atoms with van der Waals surface area (Å²) >= 11 is 0. The largest absolute Gasteiger partial charge is 0.327 e. The van der Waals surface area contributed by atoms with Gasteiger partial charge in [0.05, 0.1) is 6.17 Å². The van der Waals surface area contributed by atoms with Crippen LogP contribution in [-0.4, -0.2) is 23.5 Å².